The first-order chi connectivity index (χ1) is 9.20. The molecule has 0 aliphatic rings. The van der Waals surface area contributed by atoms with Gasteiger partial charge >= 0.3 is 35.0 Å². The van der Waals surface area contributed by atoms with Crippen LogP contribution < -0.4 is 0 Å². The Balaban J connectivity index is -0.000000602. The number of aliphatic carboxylic acids is 2. The fourth-order valence-electron chi connectivity index (χ4n) is 2.67. The maximum absolute atomic E-state index is 11.5. The van der Waals surface area contributed by atoms with Gasteiger partial charge in [0.25, 0.3) is 0 Å². The van der Waals surface area contributed by atoms with E-state index in [2.05, 4.69) is 6.92 Å². The van der Waals surface area contributed by atoms with Crippen LogP contribution in [0, 0.1) is 10.8 Å². The Labute approximate surface area is 147 Å². The van der Waals surface area contributed by atoms with Gasteiger partial charge < -0.3 is 13.1 Å². The van der Waals surface area contributed by atoms with Gasteiger partial charge in [0.15, 0.2) is 5.41 Å². The molecule has 0 aromatic heterocycles. The van der Waals surface area contributed by atoms with E-state index in [1.807, 2.05) is 0 Å². The summed E-state index contributed by atoms with van der Waals surface area (Å²) >= 11 is 0. The summed E-state index contributed by atoms with van der Waals surface area (Å²) in [4.78, 5) is 23.1. The monoisotopic (exact) mass is 312 g/mol. The topological polar surface area (TPSA) is 74.6 Å². The molecule has 0 saturated heterocycles. The zero-order valence-corrected chi connectivity index (χ0v) is 15.5. The van der Waals surface area contributed by atoms with E-state index in [1.165, 1.54) is 19.3 Å². The Kier molecular flexibility index (Phi) is 11.4. The summed E-state index contributed by atoms with van der Waals surface area (Å²) < 4.78 is 0. The second-order valence-electron chi connectivity index (χ2n) is 6.64. The number of hydrogen-bond donors (Lipinski definition) is 2. The molecule has 0 rings (SSSR count). The van der Waals surface area contributed by atoms with Crippen LogP contribution in [-0.2, 0) is 9.59 Å². The van der Waals surface area contributed by atoms with Gasteiger partial charge in [-0.15, -0.1) is 0 Å². The van der Waals surface area contributed by atoms with Crippen molar-refractivity contribution in [3.63, 3.8) is 0 Å². The predicted octanol–water partition coefficient (Wildman–Crippen LogP) is 4.17. The van der Waals surface area contributed by atoms with E-state index in [0.717, 1.165) is 19.3 Å². The summed E-state index contributed by atoms with van der Waals surface area (Å²) in [5.41, 5.74) is -2.48. The van der Waals surface area contributed by atoms with Crippen molar-refractivity contribution in [1.29, 1.82) is 0 Å². The van der Waals surface area contributed by atoms with Gasteiger partial charge in [0.1, 0.15) is 0 Å². The molecule has 0 amide bonds. The third-order valence-corrected chi connectivity index (χ3v) is 4.17. The largest absolute Gasteiger partial charge is 2.00 e. The molecule has 0 unspecified atom stereocenters. The maximum Gasteiger partial charge on any atom is 2.00 e. The molecule has 0 aromatic rings. The molecular formula is C16H32MgO4. The Hall–Kier alpha value is -0.294. The quantitative estimate of drug-likeness (QED) is 0.360. The molecule has 0 atom stereocenters. The third-order valence-electron chi connectivity index (χ3n) is 4.17. The standard InChI is InChI=1S/C16H30O4.Mg.2H/c1-5-6-7-8-9-10-11-12-16(13(17)18,14(19)20)15(2,3)4;;;/h5-12H2,1-4H3,(H,17,18)(H,19,20);;;/q;+2;2*-1. The van der Waals surface area contributed by atoms with Gasteiger partial charge in [-0.2, -0.15) is 0 Å². The zero-order valence-electron chi connectivity index (χ0n) is 16.1. The van der Waals surface area contributed by atoms with E-state index < -0.39 is 22.8 Å². The van der Waals surface area contributed by atoms with E-state index in [0.29, 0.717) is 6.42 Å². The number of unbranched alkanes of at least 4 members (excludes halogenated alkanes) is 6. The molecule has 21 heavy (non-hydrogen) atoms. The molecule has 0 heterocycles. The van der Waals surface area contributed by atoms with Crippen molar-refractivity contribution in [1.82, 2.24) is 0 Å². The van der Waals surface area contributed by atoms with Crippen molar-refractivity contribution in [2.75, 3.05) is 0 Å². The minimum atomic E-state index is -1.68. The molecule has 0 spiro atoms. The SMILES string of the molecule is CCCCCCCCCC(C(=O)O)(C(=O)O)C(C)(C)C.[H-].[H-].[Mg+2]. The zero-order chi connectivity index (χ0) is 15.8. The normalized spacial score (nSPS) is 11.8. The van der Waals surface area contributed by atoms with Crippen molar-refractivity contribution in [3.8, 4) is 0 Å². The molecule has 0 fully saturated rings. The first kappa shape index (κ1) is 23.0. The minimum absolute atomic E-state index is 0. The molecule has 0 aliphatic heterocycles. The molecule has 0 bridgehead atoms. The van der Waals surface area contributed by atoms with E-state index in [1.54, 1.807) is 20.8 Å². The van der Waals surface area contributed by atoms with Crippen LogP contribution in [0.15, 0.2) is 0 Å². The summed E-state index contributed by atoms with van der Waals surface area (Å²) in [6, 6.07) is 0. The van der Waals surface area contributed by atoms with Crippen LogP contribution in [0.1, 0.15) is 81.9 Å². The fraction of sp³-hybridized carbons (Fsp3) is 0.875. The number of hydrogen-bond acceptors (Lipinski definition) is 2. The summed E-state index contributed by atoms with van der Waals surface area (Å²) in [7, 11) is 0. The van der Waals surface area contributed by atoms with Crippen LogP contribution in [-0.4, -0.2) is 45.2 Å². The van der Waals surface area contributed by atoms with Crippen LogP contribution in [0.2, 0.25) is 0 Å². The van der Waals surface area contributed by atoms with Gasteiger partial charge in [-0.25, -0.2) is 0 Å². The van der Waals surface area contributed by atoms with Gasteiger partial charge in [-0.1, -0.05) is 72.6 Å². The first-order valence-electron chi connectivity index (χ1n) is 7.67. The second kappa shape index (κ2) is 10.4. The molecule has 122 valence electrons. The van der Waals surface area contributed by atoms with Crippen molar-refractivity contribution in [3.05, 3.63) is 0 Å². The molecular weight excluding hydrogens is 280 g/mol. The summed E-state index contributed by atoms with van der Waals surface area (Å²) in [5, 5.41) is 18.8. The second-order valence-corrected chi connectivity index (χ2v) is 6.64. The van der Waals surface area contributed by atoms with Crippen LogP contribution >= 0.6 is 0 Å². The number of carboxylic acids is 2. The Morgan fingerprint density at radius 3 is 1.57 bits per heavy atom. The third kappa shape index (κ3) is 6.55. The molecule has 4 nitrogen and oxygen atoms in total. The van der Waals surface area contributed by atoms with Crippen LogP contribution in [0.4, 0.5) is 0 Å². The van der Waals surface area contributed by atoms with Gasteiger partial charge in [0, 0.05) is 0 Å². The van der Waals surface area contributed by atoms with E-state index in [9.17, 15) is 19.8 Å². The number of rotatable bonds is 10. The van der Waals surface area contributed by atoms with Crippen LogP contribution in [0.5, 0.6) is 0 Å². The van der Waals surface area contributed by atoms with Gasteiger partial charge in [0.05, 0.1) is 0 Å². The Morgan fingerprint density at radius 1 is 0.857 bits per heavy atom. The Morgan fingerprint density at radius 2 is 1.24 bits per heavy atom. The molecule has 0 aromatic carbocycles. The average Bonchev–Trinajstić information content (AvgIpc) is 2.30. The number of carboxylic acid groups (broad SMARTS) is 2. The van der Waals surface area contributed by atoms with Crippen molar-refractivity contribution < 1.29 is 22.7 Å². The fourth-order valence-corrected chi connectivity index (χ4v) is 2.67. The first-order valence-corrected chi connectivity index (χ1v) is 7.67. The van der Waals surface area contributed by atoms with Crippen molar-refractivity contribution in [2.24, 2.45) is 10.8 Å². The Bertz CT molecular complexity index is 317. The van der Waals surface area contributed by atoms with Crippen molar-refractivity contribution in [2.45, 2.75) is 79.1 Å². The number of carbonyl (C=O) groups is 2. The maximum atomic E-state index is 11.5. The minimum Gasteiger partial charge on any atom is -1.00 e. The van der Waals surface area contributed by atoms with Crippen LogP contribution in [0.3, 0.4) is 0 Å². The van der Waals surface area contributed by atoms with Crippen molar-refractivity contribution >= 4 is 35.0 Å². The summed E-state index contributed by atoms with van der Waals surface area (Å²) in [5.74, 6) is -2.44. The molecule has 0 aliphatic carbocycles. The molecule has 2 N–H and O–H groups in total. The molecule has 0 saturated carbocycles. The summed E-state index contributed by atoms with van der Waals surface area (Å²) in [6.07, 6.45) is 7.61. The molecule has 0 radical (unpaired) electrons. The van der Waals surface area contributed by atoms with E-state index in [-0.39, 0.29) is 32.3 Å². The summed E-state index contributed by atoms with van der Waals surface area (Å²) in [6.45, 7) is 7.24. The van der Waals surface area contributed by atoms with Gasteiger partial charge in [-0.3, -0.25) is 9.59 Å². The predicted molar refractivity (Wildman–Crippen MR) is 87.7 cm³/mol. The van der Waals surface area contributed by atoms with Gasteiger partial charge in [-0.05, 0) is 11.8 Å². The average molecular weight is 313 g/mol. The molecule has 5 heteroatoms. The van der Waals surface area contributed by atoms with Gasteiger partial charge in [0.2, 0.25) is 0 Å². The smallest absolute Gasteiger partial charge is 1.00 e. The van der Waals surface area contributed by atoms with Crippen LogP contribution in [0.25, 0.3) is 0 Å². The van der Waals surface area contributed by atoms with E-state index >= 15 is 0 Å². The van der Waals surface area contributed by atoms with E-state index in [4.69, 9.17) is 0 Å².